The highest BCUT2D eigenvalue weighted by molar-refractivity contribution is 6.01. The second-order valence-corrected chi connectivity index (χ2v) is 6.47. The average Bonchev–Trinajstić information content (AvgIpc) is 3.04. The van der Waals surface area contributed by atoms with E-state index in [0.29, 0.717) is 26.0 Å². The summed E-state index contributed by atoms with van der Waals surface area (Å²) < 4.78 is 18.7. The van der Waals surface area contributed by atoms with Crippen molar-refractivity contribution in [3.05, 3.63) is 35.6 Å². The molecule has 1 saturated heterocycles. The molecule has 2 heterocycles. The predicted octanol–water partition coefficient (Wildman–Crippen LogP) is 2.64. The topological polar surface area (TPSA) is 59.9 Å². The number of oxime groups is 1. The molecule has 0 unspecified atom stereocenters. The van der Waals surface area contributed by atoms with Gasteiger partial charge in [-0.05, 0) is 38.4 Å². The van der Waals surface area contributed by atoms with Crippen molar-refractivity contribution < 1.29 is 18.8 Å². The minimum atomic E-state index is -0.564. The Morgan fingerprint density at radius 2 is 2.42 bits per heavy atom. The minimum Gasteiger partial charge on any atom is -0.466 e. The van der Waals surface area contributed by atoms with Crippen LogP contribution in [0.4, 0.5) is 4.39 Å². The minimum absolute atomic E-state index is 0.167. The van der Waals surface area contributed by atoms with Gasteiger partial charge < -0.3 is 14.9 Å². The number of rotatable bonds is 5. The number of carbonyl (C=O) groups excluding carboxylic acids is 1. The van der Waals surface area contributed by atoms with E-state index in [4.69, 9.17) is 9.57 Å². The predicted molar refractivity (Wildman–Crippen MR) is 88.2 cm³/mol. The maximum Gasteiger partial charge on any atom is 0.313 e. The average molecular weight is 334 g/mol. The van der Waals surface area contributed by atoms with Crippen LogP contribution in [0.3, 0.4) is 0 Å². The Kier molecular flexibility index (Phi) is 5.14. The Hall–Kier alpha value is -1.95. The molecule has 0 saturated carbocycles. The Morgan fingerprint density at radius 3 is 3.12 bits per heavy atom. The summed E-state index contributed by atoms with van der Waals surface area (Å²) in [5.41, 5.74) is 0.887. The smallest absolute Gasteiger partial charge is 0.313 e. The first-order valence-electron chi connectivity index (χ1n) is 8.49. The molecule has 2 atom stereocenters. The van der Waals surface area contributed by atoms with E-state index in [-0.39, 0.29) is 17.9 Å². The number of nitrogens with one attached hydrogen (secondary N) is 1. The fourth-order valence-electron chi connectivity index (χ4n) is 3.50. The fourth-order valence-corrected chi connectivity index (χ4v) is 3.50. The van der Waals surface area contributed by atoms with Crippen LogP contribution in [0.1, 0.15) is 38.2 Å². The Labute approximate surface area is 141 Å². The molecule has 0 aliphatic carbocycles. The molecule has 0 aromatic heterocycles. The maximum absolute atomic E-state index is 13.4. The zero-order chi connectivity index (χ0) is 17.0. The number of hydrogen-bond donors (Lipinski definition) is 1. The highest BCUT2D eigenvalue weighted by Gasteiger charge is 2.44. The lowest BCUT2D eigenvalue weighted by Gasteiger charge is -2.36. The number of halogens is 1. The van der Waals surface area contributed by atoms with Gasteiger partial charge >= 0.3 is 5.97 Å². The number of nitrogens with zero attached hydrogens (tertiary/aromatic N) is 1. The molecular formula is C18H23FN2O3. The summed E-state index contributed by atoms with van der Waals surface area (Å²) in [6.07, 6.45) is 2.66. The van der Waals surface area contributed by atoms with Crippen molar-refractivity contribution in [2.24, 2.45) is 10.6 Å². The van der Waals surface area contributed by atoms with Gasteiger partial charge in [-0.1, -0.05) is 17.3 Å². The number of piperidine rings is 1. The van der Waals surface area contributed by atoms with Crippen LogP contribution in [0.5, 0.6) is 0 Å². The number of hydrogen-bond acceptors (Lipinski definition) is 5. The SMILES string of the molecule is CCOC(=O)[C@]1(C[C@H]2CC(c3cccc(F)c3)=NO2)CCCNC1. The number of benzene rings is 1. The van der Waals surface area contributed by atoms with Crippen molar-refractivity contribution in [3.63, 3.8) is 0 Å². The molecule has 2 aliphatic rings. The third-order valence-electron chi connectivity index (χ3n) is 4.69. The van der Waals surface area contributed by atoms with Crippen LogP contribution in [-0.2, 0) is 14.4 Å². The summed E-state index contributed by atoms with van der Waals surface area (Å²) in [5.74, 6) is -0.460. The van der Waals surface area contributed by atoms with Gasteiger partial charge in [0.1, 0.15) is 11.9 Å². The van der Waals surface area contributed by atoms with Gasteiger partial charge in [0, 0.05) is 24.9 Å². The van der Waals surface area contributed by atoms with Crippen LogP contribution in [0, 0.1) is 11.2 Å². The molecule has 130 valence electrons. The van der Waals surface area contributed by atoms with Gasteiger partial charge in [-0.25, -0.2) is 4.39 Å². The lowest BCUT2D eigenvalue weighted by atomic mass is 9.75. The van der Waals surface area contributed by atoms with E-state index < -0.39 is 5.41 Å². The van der Waals surface area contributed by atoms with Crippen LogP contribution >= 0.6 is 0 Å². The van der Waals surface area contributed by atoms with Gasteiger partial charge in [0.15, 0.2) is 0 Å². The first kappa shape index (κ1) is 16.9. The van der Waals surface area contributed by atoms with E-state index in [1.54, 1.807) is 6.07 Å². The van der Waals surface area contributed by atoms with Gasteiger partial charge in [-0.2, -0.15) is 0 Å². The van der Waals surface area contributed by atoms with Crippen LogP contribution in [0.25, 0.3) is 0 Å². The zero-order valence-corrected chi connectivity index (χ0v) is 13.9. The van der Waals surface area contributed by atoms with Crippen LogP contribution in [0.2, 0.25) is 0 Å². The molecule has 0 radical (unpaired) electrons. The normalized spacial score (nSPS) is 26.6. The quantitative estimate of drug-likeness (QED) is 0.841. The van der Waals surface area contributed by atoms with Gasteiger partial charge in [-0.3, -0.25) is 4.79 Å². The summed E-state index contributed by atoms with van der Waals surface area (Å²) >= 11 is 0. The first-order chi connectivity index (χ1) is 11.6. The van der Waals surface area contributed by atoms with Gasteiger partial charge in [0.2, 0.25) is 0 Å². The molecular weight excluding hydrogens is 311 g/mol. The van der Waals surface area contributed by atoms with E-state index in [1.807, 2.05) is 13.0 Å². The molecule has 0 amide bonds. The second-order valence-electron chi connectivity index (χ2n) is 6.47. The molecule has 3 rings (SSSR count). The van der Waals surface area contributed by atoms with Crippen molar-refractivity contribution >= 4 is 11.7 Å². The number of ether oxygens (including phenoxy) is 1. The van der Waals surface area contributed by atoms with E-state index in [9.17, 15) is 9.18 Å². The molecule has 2 aliphatic heterocycles. The van der Waals surface area contributed by atoms with E-state index in [2.05, 4.69) is 10.5 Å². The van der Waals surface area contributed by atoms with Crippen LogP contribution in [0.15, 0.2) is 29.4 Å². The zero-order valence-electron chi connectivity index (χ0n) is 13.9. The highest BCUT2D eigenvalue weighted by Crippen LogP contribution is 2.36. The number of carbonyl (C=O) groups is 1. The van der Waals surface area contributed by atoms with Crippen LogP contribution in [-0.4, -0.2) is 37.5 Å². The van der Waals surface area contributed by atoms with Gasteiger partial charge in [0.05, 0.1) is 17.7 Å². The lowest BCUT2D eigenvalue weighted by molar-refractivity contribution is -0.159. The highest BCUT2D eigenvalue weighted by atomic mass is 19.1. The number of esters is 1. The molecule has 1 aromatic carbocycles. The summed E-state index contributed by atoms with van der Waals surface area (Å²) in [4.78, 5) is 18.0. The monoisotopic (exact) mass is 334 g/mol. The van der Waals surface area contributed by atoms with Crippen molar-refractivity contribution in [3.8, 4) is 0 Å². The molecule has 6 heteroatoms. The molecule has 1 fully saturated rings. The molecule has 24 heavy (non-hydrogen) atoms. The molecule has 5 nitrogen and oxygen atoms in total. The second kappa shape index (κ2) is 7.30. The van der Waals surface area contributed by atoms with E-state index in [0.717, 1.165) is 30.7 Å². The van der Waals surface area contributed by atoms with E-state index in [1.165, 1.54) is 12.1 Å². The van der Waals surface area contributed by atoms with E-state index >= 15 is 0 Å². The molecule has 0 bridgehead atoms. The maximum atomic E-state index is 13.4. The van der Waals surface area contributed by atoms with Gasteiger partial charge in [-0.15, -0.1) is 0 Å². The van der Waals surface area contributed by atoms with Gasteiger partial charge in [0.25, 0.3) is 0 Å². The summed E-state index contributed by atoms with van der Waals surface area (Å²) in [6, 6.07) is 6.33. The standard InChI is InChI=1S/C18H23FN2O3/c1-2-23-17(22)18(7-4-8-20-12-18)11-15-10-16(21-24-15)13-5-3-6-14(19)9-13/h3,5-6,9,15,20H,2,4,7-8,10-12H2,1H3/t15-,18+/m1/s1. The summed E-state index contributed by atoms with van der Waals surface area (Å²) in [5, 5.41) is 7.40. The van der Waals surface area contributed by atoms with Crippen molar-refractivity contribution in [2.75, 3.05) is 19.7 Å². The lowest BCUT2D eigenvalue weighted by Crippen LogP contribution is -2.48. The third-order valence-corrected chi connectivity index (χ3v) is 4.69. The Bertz CT molecular complexity index is 626. The Morgan fingerprint density at radius 1 is 1.54 bits per heavy atom. The first-order valence-corrected chi connectivity index (χ1v) is 8.49. The molecule has 0 spiro atoms. The summed E-state index contributed by atoms with van der Waals surface area (Å²) in [6.45, 7) is 3.70. The Balaban J connectivity index is 1.68. The molecule has 1 N–H and O–H groups in total. The van der Waals surface area contributed by atoms with Crippen LogP contribution < -0.4 is 5.32 Å². The van der Waals surface area contributed by atoms with Crippen molar-refractivity contribution in [1.82, 2.24) is 5.32 Å². The third kappa shape index (κ3) is 3.59. The molecule has 1 aromatic rings. The fraction of sp³-hybridized carbons (Fsp3) is 0.556. The summed E-state index contributed by atoms with van der Waals surface area (Å²) in [7, 11) is 0. The van der Waals surface area contributed by atoms with Crippen molar-refractivity contribution in [1.29, 1.82) is 0 Å². The van der Waals surface area contributed by atoms with Crippen molar-refractivity contribution in [2.45, 2.75) is 38.7 Å². The largest absolute Gasteiger partial charge is 0.466 e.